The number of fused-ring (bicyclic) bond motifs is 1. The normalized spacial score (nSPS) is 21.2. The smallest absolute Gasteiger partial charge is 0.0178 e. The predicted octanol–water partition coefficient (Wildman–Crippen LogP) is 6.79. The number of allylic oxidation sites excluding steroid dienone is 6. The van der Waals surface area contributed by atoms with Crippen molar-refractivity contribution in [3.63, 3.8) is 0 Å². The van der Waals surface area contributed by atoms with Gasteiger partial charge >= 0.3 is 0 Å². The number of hydrogen-bond acceptors (Lipinski definition) is 0. The van der Waals surface area contributed by atoms with E-state index < -0.39 is 0 Å². The first-order chi connectivity index (χ1) is 10.1. The first kappa shape index (κ1) is 14.8. The van der Waals surface area contributed by atoms with Crippen molar-refractivity contribution in [2.45, 2.75) is 52.4 Å². The fourth-order valence-electron chi connectivity index (χ4n) is 3.72. The molecule has 0 saturated carbocycles. The molecule has 0 aliphatic heterocycles. The van der Waals surface area contributed by atoms with E-state index in [1.54, 1.807) is 16.7 Å². The largest absolute Gasteiger partial charge is 0.0808 e. The Morgan fingerprint density at radius 1 is 1.10 bits per heavy atom. The van der Waals surface area contributed by atoms with Crippen molar-refractivity contribution in [1.29, 1.82) is 0 Å². The minimum Gasteiger partial charge on any atom is -0.0808 e. The Hall–Kier alpha value is -1.08. The molecule has 3 rings (SSSR count). The average molecular weight is 343 g/mol. The van der Waals surface area contributed by atoms with Crippen molar-refractivity contribution in [2.24, 2.45) is 0 Å². The van der Waals surface area contributed by atoms with Crippen LogP contribution >= 0.6 is 15.9 Å². The Labute approximate surface area is 136 Å². The third-order valence-corrected chi connectivity index (χ3v) is 5.57. The molecule has 0 bridgehead atoms. The van der Waals surface area contributed by atoms with E-state index in [0.29, 0.717) is 5.92 Å². The zero-order chi connectivity index (χ0) is 15.0. The highest BCUT2D eigenvalue weighted by Crippen LogP contribution is 2.46. The zero-order valence-corrected chi connectivity index (χ0v) is 14.8. The summed E-state index contributed by atoms with van der Waals surface area (Å²) in [6, 6.07) is 6.75. The standard InChI is InChI=1S/C20H23Br/c1-4-15-7-5-6-8-16(15)11-19-14(3)13(2)18-10-9-17(21)12-20(18)19/h7-10,12,19H,4-6,11H2,1-3H3. The molecule has 110 valence electrons. The topological polar surface area (TPSA) is 0 Å². The highest BCUT2D eigenvalue weighted by molar-refractivity contribution is 9.10. The van der Waals surface area contributed by atoms with Gasteiger partial charge in [0.2, 0.25) is 0 Å². The number of rotatable bonds is 3. The van der Waals surface area contributed by atoms with Gasteiger partial charge in [-0.15, -0.1) is 0 Å². The summed E-state index contributed by atoms with van der Waals surface area (Å²) in [7, 11) is 0. The zero-order valence-electron chi connectivity index (χ0n) is 13.2. The highest BCUT2D eigenvalue weighted by Gasteiger charge is 2.28. The minimum absolute atomic E-state index is 0.553. The lowest BCUT2D eigenvalue weighted by atomic mass is 9.84. The lowest BCUT2D eigenvalue weighted by Crippen LogP contribution is -2.03. The Bertz CT molecular complexity index is 658. The first-order valence-electron chi connectivity index (χ1n) is 7.97. The van der Waals surface area contributed by atoms with Crippen molar-refractivity contribution < 1.29 is 0 Å². The van der Waals surface area contributed by atoms with Crippen LogP contribution in [0.5, 0.6) is 0 Å². The first-order valence-corrected chi connectivity index (χ1v) is 8.76. The lowest BCUT2D eigenvalue weighted by Gasteiger charge is -2.21. The average Bonchev–Trinajstić information content (AvgIpc) is 2.72. The van der Waals surface area contributed by atoms with Crippen LogP contribution in [-0.2, 0) is 0 Å². The van der Waals surface area contributed by atoms with Crippen LogP contribution in [0.4, 0.5) is 0 Å². The second kappa shape index (κ2) is 5.96. The van der Waals surface area contributed by atoms with Crippen LogP contribution in [0.2, 0.25) is 0 Å². The fourth-order valence-corrected chi connectivity index (χ4v) is 4.10. The van der Waals surface area contributed by atoms with Crippen molar-refractivity contribution in [2.75, 3.05) is 0 Å². The SMILES string of the molecule is CCC1=CCCC=C1CC1C(C)=C(C)c2ccc(Br)cc21. The molecule has 1 aromatic carbocycles. The van der Waals surface area contributed by atoms with Gasteiger partial charge < -0.3 is 0 Å². The van der Waals surface area contributed by atoms with Gasteiger partial charge in [-0.05, 0) is 79.5 Å². The van der Waals surface area contributed by atoms with Crippen LogP contribution < -0.4 is 0 Å². The van der Waals surface area contributed by atoms with Crippen LogP contribution in [0.15, 0.2) is 51.5 Å². The van der Waals surface area contributed by atoms with Crippen molar-refractivity contribution >= 4 is 21.5 Å². The molecule has 1 heteroatoms. The quantitative estimate of drug-likeness (QED) is 0.567. The lowest BCUT2D eigenvalue weighted by molar-refractivity contribution is 0.774. The van der Waals surface area contributed by atoms with Crippen LogP contribution in [0.1, 0.15) is 63.5 Å². The molecule has 1 unspecified atom stereocenters. The molecule has 0 fully saturated rings. The van der Waals surface area contributed by atoms with Gasteiger partial charge in [0.15, 0.2) is 0 Å². The van der Waals surface area contributed by atoms with Gasteiger partial charge in [0.1, 0.15) is 0 Å². The molecule has 0 spiro atoms. The molecule has 2 aliphatic rings. The second-order valence-electron chi connectivity index (χ2n) is 6.19. The number of hydrogen-bond donors (Lipinski definition) is 0. The molecular formula is C20H23Br. The van der Waals surface area contributed by atoms with E-state index in [4.69, 9.17) is 0 Å². The van der Waals surface area contributed by atoms with Gasteiger partial charge in [-0.25, -0.2) is 0 Å². The predicted molar refractivity (Wildman–Crippen MR) is 95.5 cm³/mol. The van der Waals surface area contributed by atoms with Gasteiger partial charge in [-0.1, -0.05) is 46.6 Å². The van der Waals surface area contributed by atoms with Gasteiger partial charge in [-0.3, -0.25) is 0 Å². The maximum atomic E-state index is 3.64. The van der Waals surface area contributed by atoms with E-state index >= 15 is 0 Å². The Morgan fingerprint density at radius 3 is 2.52 bits per heavy atom. The summed E-state index contributed by atoms with van der Waals surface area (Å²) in [6.45, 7) is 6.86. The molecule has 0 amide bonds. The maximum absolute atomic E-state index is 3.64. The van der Waals surface area contributed by atoms with Crippen LogP contribution in [-0.4, -0.2) is 0 Å². The summed E-state index contributed by atoms with van der Waals surface area (Å²) in [5.41, 5.74) is 9.11. The van der Waals surface area contributed by atoms with Crippen LogP contribution in [0.25, 0.3) is 5.57 Å². The molecule has 0 radical (unpaired) electrons. The van der Waals surface area contributed by atoms with E-state index in [-0.39, 0.29) is 0 Å². The molecular weight excluding hydrogens is 320 g/mol. The Morgan fingerprint density at radius 2 is 1.81 bits per heavy atom. The van der Waals surface area contributed by atoms with Gasteiger partial charge in [-0.2, -0.15) is 0 Å². The number of halogens is 1. The molecule has 0 N–H and O–H groups in total. The Balaban J connectivity index is 1.95. The summed E-state index contributed by atoms with van der Waals surface area (Å²) in [6.07, 6.45) is 9.65. The molecule has 0 heterocycles. The van der Waals surface area contributed by atoms with E-state index in [0.717, 1.165) is 12.8 Å². The molecule has 21 heavy (non-hydrogen) atoms. The van der Waals surface area contributed by atoms with Crippen LogP contribution in [0, 0.1) is 0 Å². The summed E-state index contributed by atoms with van der Waals surface area (Å²) >= 11 is 3.64. The molecule has 0 saturated heterocycles. The highest BCUT2D eigenvalue weighted by atomic mass is 79.9. The summed E-state index contributed by atoms with van der Waals surface area (Å²) in [5, 5.41) is 0. The molecule has 0 nitrogen and oxygen atoms in total. The fraction of sp³-hybridized carbons (Fsp3) is 0.400. The van der Waals surface area contributed by atoms with Crippen molar-refractivity contribution in [1.82, 2.24) is 0 Å². The molecule has 1 aromatic rings. The molecule has 2 aliphatic carbocycles. The minimum atomic E-state index is 0.553. The third-order valence-electron chi connectivity index (χ3n) is 5.07. The Kier molecular flexibility index (Phi) is 4.21. The maximum Gasteiger partial charge on any atom is 0.0178 e. The summed E-state index contributed by atoms with van der Waals surface area (Å²) in [5.74, 6) is 0.553. The van der Waals surface area contributed by atoms with E-state index in [2.05, 4.69) is 67.1 Å². The third kappa shape index (κ3) is 2.68. The van der Waals surface area contributed by atoms with Gasteiger partial charge in [0.25, 0.3) is 0 Å². The monoisotopic (exact) mass is 342 g/mol. The molecule has 0 aromatic heterocycles. The summed E-state index contributed by atoms with van der Waals surface area (Å²) in [4.78, 5) is 0. The van der Waals surface area contributed by atoms with E-state index in [1.165, 1.54) is 34.0 Å². The summed E-state index contributed by atoms with van der Waals surface area (Å²) < 4.78 is 1.19. The molecule has 1 atom stereocenters. The second-order valence-corrected chi connectivity index (χ2v) is 7.10. The van der Waals surface area contributed by atoms with Crippen molar-refractivity contribution in [3.8, 4) is 0 Å². The van der Waals surface area contributed by atoms with Gasteiger partial charge in [0.05, 0.1) is 0 Å². The van der Waals surface area contributed by atoms with E-state index in [1.807, 2.05) is 0 Å². The van der Waals surface area contributed by atoms with Gasteiger partial charge in [0, 0.05) is 10.4 Å². The van der Waals surface area contributed by atoms with E-state index in [9.17, 15) is 0 Å². The number of benzene rings is 1. The van der Waals surface area contributed by atoms with Crippen molar-refractivity contribution in [3.05, 3.63) is 62.7 Å². The van der Waals surface area contributed by atoms with Crippen LogP contribution in [0.3, 0.4) is 0 Å².